The van der Waals surface area contributed by atoms with Crippen LogP contribution in [0.3, 0.4) is 0 Å². The second kappa shape index (κ2) is 7.39. The van der Waals surface area contributed by atoms with Crippen LogP contribution in [-0.4, -0.2) is 30.4 Å². The predicted molar refractivity (Wildman–Crippen MR) is 75.7 cm³/mol. The van der Waals surface area contributed by atoms with Crippen LogP contribution in [0.2, 0.25) is 5.02 Å². The molecule has 1 aromatic rings. The normalized spacial score (nSPS) is 12.5. The molecule has 1 aromatic carbocycles. The van der Waals surface area contributed by atoms with Gasteiger partial charge in [-0.3, -0.25) is 9.69 Å². The summed E-state index contributed by atoms with van der Waals surface area (Å²) in [7, 11) is 1.93. The predicted octanol–water partition coefficient (Wildman–Crippen LogP) is 2.69. The van der Waals surface area contributed by atoms with Crippen molar-refractivity contribution < 1.29 is 4.79 Å². The van der Waals surface area contributed by atoms with E-state index in [9.17, 15) is 4.79 Å². The lowest BCUT2D eigenvalue weighted by Gasteiger charge is -2.24. The fourth-order valence-electron chi connectivity index (χ4n) is 1.63. The molecule has 0 aliphatic carbocycles. The molecule has 0 aromatic heterocycles. The van der Waals surface area contributed by atoms with Gasteiger partial charge in [0.15, 0.2) is 0 Å². The first-order valence-corrected chi connectivity index (χ1v) is 6.65. The van der Waals surface area contributed by atoms with E-state index in [1.165, 1.54) is 0 Å². The highest BCUT2D eigenvalue weighted by atomic mass is 35.5. The molecule has 4 heteroatoms. The van der Waals surface area contributed by atoms with Crippen LogP contribution < -0.4 is 5.32 Å². The zero-order chi connectivity index (χ0) is 13.5. The Morgan fingerprint density at radius 2 is 2.11 bits per heavy atom. The van der Waals surface area contributed by atoms with Crippen LogP contribution in [0, 0.1) is 0 Å². The molecule has 100 valence electrons. The molecule has 1 unspecified atom stereocenters. The number of nitrogens with one attached hydrogen (secondary N) is 1. The Bertz CT molecular complexity index is 395. The molecule has 0 aliphatic rings. The first-order valence-electron chi connectivity index (χ1n) is 6.27. The third-order valence-electron chi connectivity index (χ3n) is 2.97. The fraction of sp³-hybridized carbons (Fsp3) is 0.500. The van der Waals surface area contributed by atoms with E-state index < -0.39 is 0 Å². The summed E-state index contributed by atoms with van der Waals surface area (Å²) in [6.07, 6.45) is 0.951. The van der Waals surface area contributed by atoms with Gasteiger partial charge in [0.1, 0.15) is 0 Å². The highest BCUT2D eigenvalue weighted by Crippen LogP contribution is 2.17. The highest BCUT2D eigenvalue weighted by Gasteiger charge is 2.17. The van der Waals surface area contributed by atoms with E-state index in [0.717, 1.165) is 23.6 Å². The lowest BCUT2D eigenvalue weighted by Crippen LogP contribution is -2.43. The summed E-state index contributed by atoms with van der Waals surface area (Å²) in [4.78, 5) is 13.8. The van der Waals surface area contributed by atoms with Crippen molar-refractivity contribution >= 4 is 17.5 Å². The van der Waals surface area contributed by atoms with Crippen molar-refractivity contribution in [2.24, 2.45) is 0 Å². The van der Waals surface area contributed by atoms with E-state index in [2.05, 4.69) is 5.32 Å². The number of carbonyl (C=O) groups is 1. The Hall–Kier alpha value is -1.06. The second-order valence-corrected chi connectivity index (χ2v) is 4.88. The third-order valence-corrected chi connectivity index (χ3v) is 3.34. The van der Waals surface area contributed by atoms with Gasteiger partial charge in [0.05, 0.1) is 6.04 Å². The SMILES string of the molecule is CCCNC(=O)C(C)N(C)Cc1ccccc1Cl. The summed E-state index contributed by atoms with van der Waals surface area (Å²) in [5.74, 6) is 0.0615. The highest BCUT2D eigenvalue weighted by molar-refractivity contribution is 6.31. The largest absolute Gasteiger partial charge is 0.355 e. The van der Waals surface area contributed by atoms with Crippen molar-refractivity contribution in [3.8, 4) is 0 Å². The number of likely N-dealkylation sites (N-methyl/N-ethyl adjacent to an activating group) is 1. The number of carbonyl (C=O) groups excluding carboxylic acids is 1. The van der Waals surface area contributed by atoms with Crippen LogP contribution in [0.4, 0.5) is 0 Å². The lowest BCUT2D eigenvalue weighted by atomic mass is 10.2. The fourth-order valence-corrected chi connectivity index (χ4v) is 1.82. The molecule has 0 heterocycles. The summed E-state index contributed by atoms with van der Waals surface area (Å²) >= 11 is 6.11. The minimum Gasteiger partial charge on any atom is -0.355 e. The number of hydrogen-bond acceptors (Lipinski definition) is 2. The molecule has 0 fully saturated rings. The van der Waals surface area contributed by atoms with Gasteiger partial charge >= 0.3 is 0 Å². The lowest BCUT2D eigenvalue weighted by molar-refractivity contribution is -0.125. The number of nitrogens with zero attached hydrogens (tertiary/aromatic N) is 1. The Morgan fingerprint density at radius 3 is 2.72 bits per heavy atom. The molecule has 0 saturated carbocycles. The van der Waals surface area contributed by atoms with E-state index >= 15 is 0 Å². The summed E-state index contributed by atoms with van der Waals surface area (Å²) in [5.41, 5.74) is 1.04. The smallest absolute Gasteiger partial charge is 0.237 e. The summed E-state index contributed by atoms with van der Waals surface area (Å²) in [6.45, 7) is 5.34. The molecule has 0 spiro atoms. The van der Waals surface area contributed by atoms with Crippen LogP contribution in [0.15, 0.2) is 24.3 Å². The van der Waals surface area contributed by atoms with E-state index in [1.54, 1.807) is 0 Å². The van der Waals surface area contributed by atoms with Gasteiger partial charge in [-0.25, -0.2) is 0 Å². The second-order valence-electron chi connectivity index (χ2n) is 4.47. The number of amides is 1. The quantitative estimate of drug-likeness (QED) is 0.860. The molecule has 0 aliphatic heterocycles. The summed E-state index contributed by atoms with van der Waals surface area (Å²) in [5, 5.41) is 3.64. The van der Waals surface area contributed by atoms with Crippen molar-refractivity contribution in [2.75, 3.05) is 13.6 Å². The van der Waals surface area contributed by atoms with Gasteiger partial charge in [0.25, 0.3) is 0 Å². The van der Waals surface area contributed by atoms with E-state index in [-0.39, 0.29) is 11.9 Å². The molecular weight excluding hydrogens is 248 g/mol. The summed E-state index contributed by atoms with van der Waals surface area (Å²) in [6, 6.07) is 7.55. The van der Waals surface area contributed by atoms with E-state index in [0.29, 0.717) is 6.54 Å². The minimum atomic E-state index is -0.159. The molecule has 18 heavy (non-hydrogen) atoms. The number of halogens is 1. The van der Waals surface area contributed by atoms with Crippen LogP contribution in [0.5, 0.6) is 0 Å². The van der Waals surface area contributed by atoms with Gasteiger partial charge < -0.3 is 5.32 Å². The zero-order valence-corrected chi connectivity index (χ0v) is 12.0. The Kier molecular flexibility index (Phi) is 6.16. The molecule has 1 amide bonds. The number of hydrogen-bond donors (Lipinski definition) is 1. The van der Waals surface area contributed by atoms with Gasteiger partial charge in [-0.1, -0.05) is 36.7 Å². The maximum Gasteiger partial charge on any atom is 0.237 e. The van der Waals surface area contributed by atoms with Gasteiger partial charge in [0.2, 0.25) is 5.91 Å². The zero-order valence-electron chi connectivity index (χ0n) is 11.2. The van der Waals surface area contributed by atoms with Gasteiger partial charge in [-0.2, -0.15) is 0 Å². The van der Waals surface area contributed by atoms with Crippen LogP contribution in [0.25, 0.3) is 0 Å². The van der Waals surface area contributed by atoms with Crippen molar-refractivity contribution in [3.63, 3.8) is 0 Å². The van der Waals surface area contributed by atoms with Crippen LogP contribution in [0.1, 0.15) is 25.8 Å². The van der Waals surface area contributed by atoms with E-state index in [4.69, 9.17) is 11.6 Å². The standard InChI is InChI=1S/C14H21ClN2O/c1-4-9-16-14(18)11(2)17(3)10-12-7-5-6-8-13(12)15/h5-8,11H,4,9-10H2,1-3H3,(H,16,18). The van der Waals surface area contributed by atoms with E-state index in [1.807, 2.05) is 50.1 Å². The third kappa shape index (κ3) is 4.31. The average molecular weight is 269 g/mol. The summed E-state index contributed by atoms with van der Waals surface area (Å²) < 4.78 is 0. The van der Waals surface area contributed by atoms with Gasteiger partial charge in [-0.05, 0) is 32.0 Å². The maximum atomic E-state index is 11.8. The molecular formula is C14H21ClN2O. The van der Waals surface area contributed by atoms with Gasteiger partial charge in [0, 0.05) is 18.1 Å². The van der Waals surface area contributed by atoms with Crippen molar-refractivity contribution in [2.45, 2.75) is 32.9 Å². The molecule has 1 rings (SSSR count). The molecule has 0 bridgehead atoms. The molecule has 3 nitrogen and oxygen atoms in total. The minimum absolute atomic E-state index is 0.0615. The van der Waals surface area contributed by atoms with Crippen molar-refractivity contribution in [1.29, 1.82) is 0 Å². The maximum absolute atomic E-state index is 11.8. The molecule has 1 atom stereocenters. The number of rotatable bonds is 6. The van der Waals surface area contributed by atoms with Crippen molar-refractivity contribution in [1.82, 2.24) is 10.2 Å². The molecule has 1 N–H and O–H groups in total. The monoisotopic (exact) mass is 268 g/mol. The van der Waals surface area contributed by atoms with Crippen molar-refractivity contribution in [3.05, 3.63) is 34.9 Å². The Balaban J connectivity index is 2.57. The van der Waals surface area contributed by atoms with Crippen LogP contribution >= 0.6 is 11.6 Å². The average Bonchev–Trinajstić information content (AvgIpc) is 2.37. The number of benzene rings is 1. The topological polar surface area (TPSA) is 32.3 Å². The van der Waals surface area contributed by atoms with Gasteiger partial charge in [-0.15, -0.1) is 0 Å². The molecule has 0 saturated heterocycles. The van der Waals surface area contributed by atoms with Crippen LogP contribution in [-0.2, 0) is 11.3 Å². The first-order chi connectivity index (χ1) is 8.56. The Morgan fingerprint density at radius 1 is 1.44 bits per heavy atom. The Labute approximate surface area is 114 Å². The first kappa shape index (κ1) is 15.0. The molecule has 0 radical (unpaired) electrons.